The molecule has 0 radical (unpaired) electrons. The Balaban J connectivity index is 0.000000242. The molecule has 0 heterocycles. The summed E-state index contributed by atoms with van der Waals surface area (Å²) in [7, 11) is 4.46. The molecule has 4 unspecified atom stereocenters. The Morgan fingerprint density at radius 1 is 0.568 bits per heavy atom. The van der Waals surface area contributed by atoms with E-state index in [9.17, 15) is 19.2 Å². The van der Waals surface area contributed by atoms with Gasteiger partial charge in [-0.15, -0.1) is 0 Å². The summed E-state index contributed by atoms with van der Waals surface area (Å²) in [6, 6.07) is 56.4. The van der Waals surface area contributed by atoms with Gasteiger partial charge >= 0.3 is 11.9 Å². The summed E-state index contributed by atoms with van der Waals surface area (Å²) >= 11 is 0. The number of hydrogen-bond acceptors (Lipinski definition) is 10. The molecule has 0 saturated heterocycles. The SMILES string of the molecule is C=C(N)c1cccc(CC(C(=O)OC)C(Cc2ccccc2)N(C)C(=O)c2ccc(-c3ccccc3)cc2)c1.COC(=O)C(Cc1cccc(/C(N)=N\O)c1)C(C)NC(=O)c1ccc(-c2cccc(CN)c2)cc1. The molecule has 0 bridgehead atoms. The number of carbonyl (C=O) groups excluding carboxylic acids is 4. The van der Waals surface area contributed by atoms with Crippen LogP contribution in [0.5, 0.6) is 0 Å². The van der Waals surface area contributed by atoms with Crippen molar-refractivity contribution in [2.45, 2.75) is 44.8 Å². The molecule has 74 heavy (non-hydrogen) atoms. The van der Waals surface area contributed by atoms with Crippen LogP contribution in [-0.4, -0.2) is 73.0 Å². The Labute approximate surface area is 433 Å². The Kier molecular flexibility index (Phi) is 19.6. The number of amidine groups is 1. The average Bonchev–Trinajstić information content (AvgIpc) is 3.45. The van der Waals surface area contributed by atoms with Crippen LogP contribution in [0.25, 0.3) is 28.0 Å². The van der Waals surface area contributed by atoms with Gasteiger partial charge in [0.2, 0.25) is 0 Å². The summed E-state index contributed by atoms with van der Waals surface area (Å²) in [6.07, 6.45) is 1.18. The third kappa shape index (κ3) is 14.6. The highest BCUT2D eigenvalue weighted by Gasteiger charge is 2.35. The number of nitrogens with two attached hydrogens (primary N) is 3. The molecule has 8 N–H and O–H groups in total. The number of likely N-dealkylation sites (N-methyl/N-ethyl adjacent to an activating group) is 1. The van der Waals surface area contributed by atoms with Crippen LogP contribution in [0, 0.1) is 11.8 Å². The van der Waals surface area contributed by atoms with Crippen LogP contribution in [0.2, 0.25) is 0 Å². The van der Waals surface area contributed by atoms with Crippen LogP contribution in [0.4, 0.5) is 0 Å². The van der Waals surface area contributed by atoms with Crippen LogP contribution in [0.1, 0.15) is 61.0 Å². The molecule has 0 aromatic heterocycles. The molecule has 7 rings (SSSR count). The van der Waals surface area contributed by atoms with Crippen LogP contribution < -0.4 is 22.5 Å². The van der Waals surface area contributed by atoms with Crippen molar-refractivity contribution in [1.82, 2.24) is 10.2 Å². The van der Waals surface area contributed by atoms with Gasteiger partial charge in [-0.1, -0.05) is 151 Å². The highest BCUT2D eigenvalue weighted by molar-refractivity contribution is 5.97. The first-order valence-corrected chi connectivity index (χ1v) is 24.2. The first-order chi connectivity index (χ1) is 35.7. The molecular formula is C61H64N6O7. The van der Waals surface area contributed by atoms with E-state index < -0.39 is 29.9 Å². The zero-order valence-corrected chi connectivity index (χ0v) is 42.2. The lowest BCUT2D eigenvalue weighted by atomic mass is 9.86. The number of esters is 2. The van der Waals surface area contributed by atoms with Crippen LogP contribution in [-0.2, 0) is 44.9 Å². The monoisotopic (exact) mass is 992 g/mol. The normalized spacial score (nSPS) is 12.6. The van der Waals surface area contributed by atoms with Gasteiger partial charge in [0.25, 0.3) is 11.8 Å². The summed E-state index contributed by atoms with van der Waals surface area (Å²) in [5.74, 6) is -2.53. The number of benzene rings is 7. The lowest BCUT2D eigenvalue weighted by molar-refractivity contribution is -0.147. The minimum absolute atomic E-state index is 0.0268. The number of ether oxygens (including phenoxy) is 2. The number of oxime groups is 1. The average molecular weight is 993 g/mol. The topological polar surface area (TPSA) is 213 Å². The first kappa shape index (κ1) is 54.5. The predicted molar refractivity (Wildman–Crippen MR) is 292 cm³/mol. The fraction of sp³-hybridized carbons (Fsp3) is 0.197. The van der Waals surface area contributed by atoms with E-state index in [1.807, 2.05) is 152 Å². The van der Waals surface area contributed by atoms with E-state index in [0.29, 0.717) is 48.2 Å². The fourth-order valence-corrected chi connectivity index (χ4v) is 8.74. The summed E-state index contributed by atoms with van der Waals surface area (Å²) in [4.78, 5) is 54.1. The lowest BCUT2D eigenvalue weighted by Gasteiger charge is -2.34. The van der Waals surface area contributed by atoms with Gasteiger partial charge in [-0.3, -0.25) is 19.2 Å². The van der Waals surface area contributed by atoms with E-state index in [4.69, 9.17) is 31.9 Å². The lowest BCUT2D eigenvalue weighted by Crippen LogP contribution is -2.47. The van der Waals surface area contributed by atoms with Gasteiger partial charge in [0.1, 0.15) is 0 Å². The van der Waals surface area contributed by atoms with E-state index in [1.54, 1.807) is 49.2 Å². The minimum atomic E-state index is -0.634. The van der Waals surface area contributed by atoms with Gasteiger partial charge in [-0.05, 0) is 119 Å². The van der Waals surface area contributed by atoms with Crippen molar-refractivity contribution in [3.8, 4) is 22.3 Å². The number of hydrogen-bond donors (Lipinski definition) is 5. The number of carbonyl (C=O) groups is 4. The number of amides is 2. The number of methoxy groups -OCH3 is 2. The summed E-state index contributed by atoms with van der Waals surface area (Å²) < 4.78 is 10.3. The molecular weight excluding hydrogens is 929 g/mol. The van der Waals surface area contributed by atoms with Crippen molar-refractivity contribution >= 4 is 35.3 Å². The van der Waals surface area contributed by atoms with Gasteiger partial charge in [-0.25, -0.2) is 0 Å². The molecule has 2 amide bonds. The van der Waals surface area contributed by atoms with Crippen LogP contribution in [0.3, 0.4) is 0 Å². The van der Waals surface area contributed by atoms with Crippen molar-refractivity contribution in [3.63, 3.8) is 0 Å². The molecule has 7 aromatic carbocycles. The molecule has 0 aliphatic heterocycles. The van der Waals surface area contributed by atoms with E-state index in [2.05, 4.69) is 17.1 Å². The number of rotatable bonds is 19. The fourth-order valence-electron chi connectivity index (χ4n) is 8.74. The largest absolute Gasteiger partial charge is 0.469 e. The Morgan fingerprint density at radius 3 is 1.62 bits per heavy atom. The Hall–Kier alpha value is -8.81. The first-order valence-electron chi connectivity index (χ1n) is 24.2. The smallest absolute Gasteiger partial charge is 0.311 e. The molecule has 0 fully saturated rings. The van der Waals surface area contributed by atoms with Crippen LogP contribution >= 0.6 is 0 Å². The second-order valence-electron chi connectivity index (χ2n) is 17.9. The molecule has 0 spiro atoms. The molecule has 0 aliphatic rings. The van der Waals surface area contributed by atoms with E-state index in [-0.39, 0.29) is 23.6 Å². The maximum atomic E-state index is 13.8. The second-order valence-corrected chi connectivity index (χ2v) is 17.9. The predicted octanol–water partition coefficient (Wildman–Crippen LogP) is 9.06. The second kappa shape index (κ2) is 26.6. The van der Waals surface area contributed by atoms with E-state index >= 15 is 0 Å². The van der Waals surface area contributed by atoms with Gasteiger partial charge < -0.3 is 42.1 Å². The zero-order valence-electron chi connectivity index (χ0n) is 42.2. The molecule has 4 atom stereocenters. The van der Waals surface area contributed by atoms with Gasteiger partial charge in [0.05, 0.1) is 26.1 Å². The van der Waals surface area contributed by atoms with Crippen molar-refractivity contribution < 1.29 is 33.9 Å². The van der Waals surface area contributed by atoms with Gasteiger partial charge in [-0.2, -0.15) is 0 Å². The molecule has 380 valence electrons. The Bertz CT molecular complexity index is 3040. The van der Waals surface area contributed by atoms with Crippen molar-refractivity contribution in [1.29, 1.82) is 0 Å². The maximum Gasteiger partial charge on any atom is 0.311 e. The standard InChI is InChI=1S/C34H34N2O3.C27H30N4O4/c1-24(35)30-16-10-13-26(21-30)22-31(34(38)39-3)32(23-25-11-6-4-7-12-25)36(2)33(37)29-19-17-28(18-20-29)27-14-8-5-9-15-27;1-17(24(27(33)35-2)15-18-5-3-8-23(13-18)25(29)31-34)30-26(32)21-11-9-20(10-12-21)22-7-4-6-19(14-22)16-28/h4-21,31-32H,1,22-23,35H2,2-3H3;3-14,17,24,34H,15-16,28H2,1-2H3,(H2,29,31)(H,30,32). The van der Waals surface area contributed by atoms with Crippen molar-refractivity contribution in [3.05, 3.63) is 233 Å². The molecule has 7 aromatic rings. The number of nitrogens with zero attached hydrogens (tertiary/aromatic N) is 2. The van der Waals surface area contributed by atoms with Crippen molar-refractivity contribution in [2.24, 2.45) is 34.2 Å². The van der Waals surface area contributed by atoms with Gasteiger partial charge in [0.15, 0.2) is 5.84 Å². The third-order valence-corrected chi connectivity index (χ3v) is 13.0. The van der Waals surface area contributed by atoms with E-state index in [0.717, 1.165) is 50.1 Å². The maximum absolute atomic E-state index is 13.8. The molecule has 0 saturated carbocycles. The molecule has 0 aliphatic carbocycles. The quantitative estimate of drug-likeness (QED) is 0.0170. The van der Waals surface area contributed by atoms with Crippen LogP contribution in [0.15, 0.2) is 194 Å². The summed E-state index contributed by atoms with van der Waals surface area (Å²) in [5.41, 5.74) is 28.0. The Morgan fingerprint density at radius 2 is 1.04 bits per heavy atom. The third-order valence-electron chi connectivity index (χ3n) is 13.0. The highest BCUT2D eigenvalue weighted by atomic mass is 16.5. The van der Waals surface area contributed by atoms with Crippen molar-refractivity contribution in [2.75, 3.05) is 21.3 Å². The molecule has 13 nitrogen and oxygen atoms in total. The molecule has 13 heteroatoms. The minimum Gasteiger partial charge on any atom is -0.469 e. The zero-order chi connectivity index (χ0) is 53.1. The number of nitrogens with one attached hydrogen (secondary N) is 1. The summed E-state index contributed by atoms with van der Waals surface area (Å²) in [5, 5.41) is 14.9. The highest BCUT2D eigenvalue weighted by Crippen LogP contribution is 2.27. The summed E-state index contributed by atoms with van der Waals surface area (Å²) in [6.45, 7) is 6.05. The van der Waals surface area contributed by atoms with E-state index in [1.165, 1.54) is 14.2 Å². The van der Waals surface area contributed by atoms with Gasteiger partial charge in [0, 0.05) is 48.1 Å².